The van der Waals surface area contributed by atoms with Crippen molar-refractivity contribution in [2.45, 2.75) is 4.90 Å². The van der Waals surface area contributed by atoms with Crippen LogP contribution in [0.5, 0.6) is 0 Å². The molecule has 0 aliphatic carbocycles. The first-order valence-corrected chi connectivity index (χ1v) is 7.42. The Morgan fingerprint density at radius 3 is 2.55 bits per heavy atom. The van der Waals surface area contributed by atoms with Gasteiger partial charge in [0, 0.05) is 5.69 Å². The predicted molar refractivity (Wildman–Crippen MR) is 75.9 cm³/mol. The number of nitrogens with one attached hydrogen (secondary N) is 1. The molecule has 20 heavy (non-hydrogen) atoms. The third-order valence-corrected chi connectivity index (χ3v) is 4.17. The topological polar surface area (TPSA) is 85.1 Å². The third-order valence-electron chi connectivity index (χ3n) is 2.29. The molecule has 1 aromatic carbocycles. The molecule has 0 saturated heterocycles. The molecule has 0 fully saturated rings. The largest absolute Gasteiger partial charge is 0.399 e. The lowest BCUT2D eigenvalue weighted by Crippen LogP contribution is -2.15. The summed E-state index contributed by atoms with van der Waals surface area (Å²) in [5.74, 6) is -1.07. The van der Waals surface area contributed by atoms with Gasteiger partial charge in [0.1, 0.15) is 10.0 Å². The van der Waals surface area contributed by atoms with Gasteiger partial charge in [0.2, 0.25) is 0 Å². The Labute approximate surface area is 124 Å². The molecule has 1 aromatic heterocycles. The second-order valence-corrected chi connectivity index (χ2v) is 6.24. The van der Waals surface area contributed by atoms with Gasteiger partial charge < -0.3 is 5.73 Å². The number of hydrogen-bond donors (Lipinski definition) is 2. The van der Waals surface area contributed by atoms with E-state index in [2.05, 4.69) is 9.71 Å². The van der Waals surface area contributed by atoms with E-state index < -0.39 is 20.7 Å². The number of anilines is 2. The van der Waals surface area contributed by atoms with Gasteiger partial charge in [0.15, 0.2) is 5.82 Å². The van der Waals surface area contributed by atoms with Crippen LogP contribution in [0.4, 0.5) is 15.8 Å². The van der Waals surface area contributed by atoms with Crippen LogP contribution >= 0.6 is 23.2 Å². The highest BCUT2D eigenvalue weighted by Crippen LogP contribution is 2.27. The molecule has 0 radical (unpaired) electrons. The van der Waals surface area contributed by atoms with E-state index >= 15 is 0 Å². The summed E-state index contributed by atoms with van der Waals surface area (Å²) in [5, 5.41) is -0.175. The number of halogens is 3. The van der Waals surface area contributed by atoms with Gasteiger partial charge in [-0.2, -0.15) is 0 Å². The van der Waals surface area contributed by atoms with Gasteiger partial charge in [0.05, 0.1) is 16.9 Å². The standard InChI is InChI=1S/C11H8Cl2FN3O2S/c12-8-3-6(15)4-9(11(8)14)20(18,19)17-7-1-2-10(13)16-5-7/h1-5,17H,15H2. The SMILES string of the molecule is Nc1cc(Cl)c(F)c(S(=O)(=O)Nc2ccc(Cl)nc2)c1. The molecule has 2 aromatic rings. The molecule has 0 saturated carbocycles. The summed E-state index contributed by atoms with van der Waals surface area (Å²) in [7, 11) is -4.17. The monoisotopic (exact) mass is 335 g/mol. The van der Waals surface area contributed by atoms with E-state index in [0.29, 0.717) is 0 Å². The lowest BCUT2D eigenvalue weighted by Gasteiger charge is -2.10. The zero-order valence-corrected chi connectivity index (χ0v) is 12.1. The number of sulfonamides is 1. The van der Waals surface area contributed by atoms with E-state index in [0.717, 1.165) is 12.1 Å². The Morgan fingerprint density at radius 2 is 1.95 bits per heavy atom. The molecular formula is C11H8Cl2FN3O2S. The molecule has 2 rings (SSSR count). The Kier molecular flexibility index (Phi) is 4.03. The van der Waals surface area contributed by atoms with Crippen LogP contribution in [-0.4, -0.2) is 13.4 Å². The second-order valence-electron chi connectivity index (χ2n) is 3.79. The second kappa shape index (κ2) is 5.43. The van der Waals surface area contributed by atoms with Crippen LogP contribution in [0.3, 0.4) is 0 Å². The molecule has 5 nitrogen and oxygen atoms in total. The Hall–Kier alpha value is -1.57. The first kappa shape index (κ1) is 14.8. The number of benzene rings is 1. The van der Waals surface area contributed by atoms with Gasteiger partial charge >= 0.3 is 0 Å². The molecule has 0 unspecified atom stereocenters. The molecule has 106 valence electrons. The van der Waals surface area contributed by atoms with E-state index in [1.54, 1.807) is 0 Å². The summed E-state index contributed by atoms with van der Waals surface area (Å²) in [6.45, 7) is 0. The van der Waals surface area contributed by atoms with Crippen LogP contribution in [0.1, 0.15) is 0 Å². The van der Waals surface area contributed by atoms with Crippen molar-refractivity contribution in [3.63, 3.8) is 0 Å². The van der Waals surface area contributed by atoms with Crippen molar-refractivity contribution in [3.05, 3.63) is 46.5 Å². The van der Waals surface area contributed by atoms with Gasteiger partial charge in [-0.25, -0.2) is 17.8 Å². The molecule has 3 N–H and O–H groups in total. The lowest BCUT2D eigenvalue weighted by atomic mass is 10.3. The molecule has 0 bridgehead atoms. The quantitative estimate of drug-likeness (QED) is 0.667. The van der Waals surface area contributed by atoms with Crippen LogP contribution in [0.2, 0.25) is 10.2 Å². The fourth-order valence-corrected chi connectivity index (χ4v) is 3.00. The minimum Gasteiger partial charge on any atom is -0.399 e. The number of nitrogens with two attached hydrogens (primary N) is 1. The number of pyridine rings is 1. The van der Waals surface area contributed by atoms with E-state index in [4.69, 9.17) is 28.9 Å². The smallest absolute Gasteiger partial charge is 0.264 e. The third kappa shape index (κ3) is 3.12. The van der Waals surface area contributed by atoms with Crippen LogP contribution in [-0.2, 0) is 10.0 Å². The predicted octanol–water partition coefficient (Wildman–Crippen LogP) is 2.91. The maximum atomic E-state index is 13.8. The first-order valence-electron chi connectivity index (χ1n) is 5.18. The molecule has 0 atom stereocenters. The van der Waals surface area contributed by atoms with Crippen molar-refractivity contribution in [2.75, 3.05) is 10.5 Å². The summed E-state index contributed by atoms with van der Waals surface area (Å²) in [6.07, 6.45) is 1.20. The molecule has 0 spiro atoms. The minimum atomic E-state index is -4.17. The first-order chi connectivity index (χ1) is 9.29. The van der Waals surface area contributed by atoms with Crippen molar-refractivity contribution in [1.29, 1.82) is 0 Å². The highest BCUT2D eigenvalue weighted by molar-refractivity contribution is 7.92. The van der Waals surface area contributed by atoms with Crippen molar-refractivity contribution in [3.8, 4) is 0 Å². The maximum Gasteiger partial charge on any atom is 0.264 e. The average Bonchev–Trinajstić information content (AvgIpc) is 2.36. The van der Waals surface area contributed by atoms with E-state index in [1.165, 1.54) is 18.3 Å². The van der Waals surface area contributed by atoms with Gasteiger partial charge in [-0.05, 0) is 24.3 Å². The van der Waals surface area contributed by atoms with E-state index in [1.807, 2.05) is 0 Å². The number of aromatic nitrogens is 1. The van der Waals surface area contributed by atoms with Gasteiger partial charge in [0.25, 0.3) is 10.0 Å². The van der Waals surface area contributed by atoms with Gasteiger partial charge in [-0.1, -0.05) is 23.2 Å². The van der Waals surface area contributed by atoms with Crippen molar-refractivity contribution >= 4 is 44.6 Å². The number of hydrogen-bond acceptors (Lipinski definition) is 4. The van der Waals surface area contributed by atoms with Gasteiger partial charge in [-0.15, -0.1) is 0 Å². The number of nitrogen functional groups attached to an aromatic ring is 1. The maximum absolute atomic E-state index is 13.8. The minimum absolute atomic E-state index is 0.0333. The van der Waals surface area contributed by atoms with Crippen LogP contribution in [0.25, 0.3) is 0 Å². The Bertz CT molecular complexity index is 751. The summed E-state index contributed by atoms with van der Waals surface area (Å²) < 4.78 is 40.1. The molecule has 0 aliphatic heterocycles. The Morgan fingerprint density at radius 1 is 1.25 bits per heavy atom. The fraction of sp³-hybridized carbons (Fsp3) is 0. The summed E-state index contributed by atoms with van der Waals surface area (Å²) >= 11 is 11.2. The van der Waals surface area contributed by atoms with E-state index in [-0.39, 0.29) is 21.6 Å². The molecule has 0 amide bonds. The fourth-order valence-electron chi connectivity index (χ4n) is 1.43. The van der Waals surface area contributed by atoms with Crippen molar-refractivity contribution in [1.82, 2.24) is 4.98 Å². The van der Waals surface area contributed by atoms with Crippen molar-refractivity contribution < 1.29 is 12.8 Å². The summed E-state index contributed by atoms with van der Waals surface area (Å²) in [5.41, 5.74) is 5.63. The van der Waals surface area contributed by atoms with Crippen molar-refractivity contribution in [2.24, 2.45) is 0 Å². The highest BCUT2D eigenvalue weighted by atomic mass is 35.5. The normalized spacial score (nSPS) is 11.3. The van der Waals surface area contributed by atoms with E-state index in [9.17, 15) is 12.8 Å². The number of rotatable bonds is 3. The average molecular weight is 336 g/mol. The highest BCUT2D eigenvalue weighted by Gasteiger charge is 2.22. The van der Waals surface area contributed by atoms with Crippen LogP contribution in [0, 0.1) is 5.82 Å². The zero-order chi connectivity index (χ0) is 14.9. The van der Waals surface area contributed by atoms with Crippen LogP contribution < -0.4 is 10.5 Å². The lowest BCUT2D eigenvalue weighted by molar-refractivity contribution is 0.571. The van der Waals surface area contributed by atoms with Crippen LogP contribution in [0.15, 0.2) is 35.4 Å². The molecule has 1 heterocycles. The number of nitrogens with zero attached hydrogens (tertiary/aromatic N) is 1. The summed E-state index contributed by atoms with van der Waals surface area (Å²) in [4.78, 5) is 3.07. The Balaban J connectivity index is 2.43. The summed E-state index contributed by atoms with van der Waals surface area (Å²) in [6, 6.07) is 4.88. The zero-order valence-electron chi connectivity index (χ0n) is 9.77. The molecule has 0 aliphatic rings. The van der Waals surface area contributed by atoms with Gasteiger partial charge in [-0.3, -0.25) is 4.72 Å². The molecular weight excluding hydrogens is 328 g/mol. The molecule has 9 heteroatoms.